The van der Waals surface area contributed by atoms with Crippen LogP contribution in [0.3, 0.4) is 0 Å². The van der Waals surface area contributed by atoms with Crippen molar-refractivity contribution in [1.29, 1.82) is 0 Å². The number of imidazole rings is 1. The second kappa shape index (κ2) is 5.67. The van der Waals surface area contributed by atoms with Gasteiger partial charge in [0.05, 0.1) is 6.42 Å². The predicted octanol–water partition coefficient (Wildman–Crippen LogP) is 0.0771. The van der Waals surface area contributed by atoms with Crippen LogP contribution in [0.25, 0.3) is 0 Å². The molecule has 1 fully saturated rings. The van der Waals surface area contributed by atoms with E-state index >= 15 is 0 Å². The van der Waals surface area contributed by atoms with Crippen LogP contribution in [0.1, 0.15) is 25.1 Å². The monoisotopic (exact) mass is 289 g/mol. The molecule has 0 bridgehead atoms. The van der Waals surface area contributed by atoms with E-state index in [9.17, 15) is 9.59 Å². The van der Waals surface area contributed by atoms with Crippen LogP contribution >= 0.6 is 0 Å². The SMILES string of the molecule is Cn1ccnc1CC1CCCN(C(=O)C2=NNC(=O)C2)C1. The molecule has 112 valence electrons. The topological polar surface area (TPSA) is 79.6 Å². The van der Waals surface area contributed by atoms with Crippen LogP contribution < -0.4 is 5.43 Å². The van der Waals surface area contributed by atoms with Gasteiger partial charge in [-0.2, -0.15) is 5.10 Å². The minimum Gasteiger partial charge on any atom is -0.338 e. The van der Waals surface area contributed by atoms with E-state index in [4.69, 9.17) is 0 Å². The zero-order chi connectivity index (χ0) is 14.8. The van der Waals surface area contributed by atoms with Crippen molar-refractivity contribution in [3.63, 3.8) is 0 Å². The van der Waals surface area contributed by atoms with Gasteiger partial charge in [0, 0.05) is 39.0 Å². The summed E-state index contributed by atoms with van der Waals surface area (Å²) in [7, 11) is 1.98. The molecule has 1 atom stereocenters. The van der Waals surface area contributed by atoms with Crippen molar-refractivity contribution in [1.82, 2.24) is 19.9 Å². The number of carbonyl (C=O) groups is 2. The fourth-order valence-electron chi connectivity index (χ4n) is 2.93. The van der Waals surface area contributed by atoms with Gasteiger partial charge in [0.15, 0.2) is 0 Å². The second-order valence-corrected chi connectivity index (χ2v) is 5.69. The van der Waals surface area contributed by atoms with Crippen LogP contribution in [-0.4, -0.2) is 45.1 Å². The van der Waals surface area contributed by atoms with E-state index in [2.05, 4.69) is 15.5 Å². The van der Waals surface area contributed by atoms with E-state index < -0.39 is 0 Å². The van der Waals surface area contributed by atoms with Gasteiger partial charge in [0.1, 0.15) is 11.5 Å². The Balaban J connectivity index is 1.62. The molecule has 0 saturated carbocycles. The number of likely N-dealkylation sites (tertiary alicyclic amines) is 1. The second-order valence-electron chi connectivity index (χ2n) is 5.69. The first-order valence-electron chi connectivity index (χ1n) is 7.24. The zero-order valence-electron chi connectivity index (χ0n) is 12.1. The number of piperidine rings is 1. The van der Waals surface area contributed by atoms with E-state index in [0.29, 0.717) is 18.2 Å². The average Bonchev–Trinajstić information content (AvgIpc) is 3.08. The first kappa shape index (κ1) is 13.8. The molecule has 7 heteroatoms. The summed E-state index contributed by atoms with van der Waals surface area (Å²) in [6, 6.07) is 0. The van der Waals surface area contributed by atoms with Gasteiger partial charge in [-0.25, -0.2) is 10.4 Å². The van der Waals surface area contributed by atoms with Crippen molar-refractivity contribution in [2.24, 2.45) is 18.1 Å². The van der Waals surface area contributed by atoms with Gasteiger partial charge in [-0.3, -0.25) is 9.59 Å². The van der Waals surface area contributed by atoms with Crippen molar-refractivity contribution in [2.45, 2.75) is 25.7 Å². The minimum atomic E-state index is -0.208. The lowest BCUT2D eigenvalue weighted by molar-refractivity contribution is -0.126. The van der Waals surface area contributed by atoms with Crippen LogP contribution in [0.4, 0.5) is 0 Å². The maximum atomic E-state index is 12.3. The van der Waals surface area contributed by atoms with E-state index in [0.717, 1.165) is 31.6 Å². The zero-order valence-corrected chi connectivity index (χ0v) is 12.1. The highest BCUT2D eigenvalue weighted by atomic mass is 16.2. The Morgan fingerprint density at radius 1 is 1.52 bits per heavy atom. The molecular weight excluding hydrogens is 270 g/mol. The van der Waals surface area contributed by atoms with E-state index in [1.807, 2.05) is 22.7 Å². The summed E-state index contributed by atoms with van der Waals surface area (Å²) in [5.74, 6) is 1.14. The fraction of sp³-hybridized carbons (Fsp3) is 0.571. The highest BCUT2D eigenvalue weighted by Crippen LogP contribution is 2.21. The number of aryl methyl sites for hydroxylation is 1. The Morgan fingerprint density at radius 2 is 2.38 bits per heavy atom. The van der Waals surface area contributed by atoms with Gasteiger partial charge < -0.3 is 9.47 Å². The number of amides is 2. The van der Waals surface area contributed by atoms with Gasteiger partial charge in [-0.1, -0.05) is 0 Å². The molecule has 1 unspecified atom stereocenters. The summed E-state index contributed by atoms with van der Waals surface area (Å²) in [5, 5.41) is 3.82. The predicted molar refractivity (Wildman–Crippen MR) is 76.4 cm³/mol. The molecule has 3 rings (SSSR count). The molecule has 7 nitrogen and oxygen atoms in total. The third kappa shape index (κ3) is 2.96. The molecule has 1 saturated heterocycles. The molecule has 0 radical (unpaired) electrons. The van der Waals surface area contributed by atoms with Gasteiger partial charge in [-0.05, 0) is 18.8 Å². The Morgan fingerprint density at radius 3 is 3.05 bits per heavy atom. The minimum absolute atomic E-state index is 0.0966. The summed E-state index contributed by atoms with van der Waals surface area (Å²) in [6.45, 7) is 1.45. The molecule has 0 aliphatic carbocycles. The summed E-state index contributed by atoms with van der Waals surface area (Å²) < 4.78 is 2.02. The third-order valence-electron chi connectivity index (χ3n) is 4.09. The van der Waals surface area contributed by atoms with E-state index in [-0.39, 0.29) is 18.2 Å². The highest BCUT2D eigenvalue weighted by Gasteiger charge is 2.30. The Labute approximate surface area is 123 Å². The van der Waals surface area contributed by atoms with Crippen LogP contribution in [0, 0.1) is 5.92 Å². The molecule has 0 aromatic carbocycles. The number of nitrogens with one attached hydrogen (secondary N) is 1. The van der Waals surface area contributed by atoms with Gasteiger partial charge in [0.25, 0.3) is 5.91 Å². The van der Waals surface area contributed by atoms with Crippen molar-refractivity contribution < 1.29 is 9.59 Å². The number of rotatable bonds is 3. The quantitative estimate of drug-likeness (QED) is 0.855. The van der Waals surface area contributed by atoms with E-state index in [1.165, 1.54) is 0 Å². The number of aromatic nitrogens is 2. The van der Waals surface area contributed by atoms with Gasteiger partial charge in [0.2, 0.25) is 5.91 Å². The lowest BCUT2D eigenvalue weighted by Gasteiger charge is -2.32. The van der Waals surface area contributed by atoms with E-state index in [1.54, 1.807) is 6.20 Å². The fourth-order valence-corrected chi connectivity index (χ4v) is 2.93. The highest BCUT2D eigenvalue weighted by molar-refractivity contribution is 6.43. The molecule has 1 aromatic rings. The molecule has 1 aromatic heterocycles. The van der Waals surface area contributed by atoms with Crippen molar-refractivity contribution in [3.8, 4) is 0 Å². The molecule has 0 spiro atoms. The Hall–Kier alpha value is -2.18. The van der Waals surface area contributed by atoms with Crippen LogP contribution in [-0.2, 0) is 23.1 Å². The average molecular weight is 289 g/mol. The van der Waals surface area contributed by atoms with Crippen molar-refractivity contribution >= 4 is 17.5 Å². The normalized spacial score (nSPS) is 22.1. The summed E-state index contributed by atoms with van der Waals surface area (Å²) in [6.07, 6.45) is 6.78. The summed E-state index contributed by atoms with van der Waals surface area (Å²) >= 11 is 0. The van der Waals surface area contributed by atoms with Crippen molar-refractivity contribution in [3.05, 3.63) is 18.2 Å². The number of carbonyl (C=O) groups excluding carboxylic acids is 2. The molecule has 3 heterocycles. The molecule has 2 amide bonds. The largest absolute Gasteiger partial charge is 0.338 e. The van der Waals surface area contributed by atoms with Crippen LogP contribution in [0.2, 0.25) is 0 Å². The van der Waals surface area contributed by atoms with Crippen LogP contribution in [0.5, 0.6) is 0 Å². The lowest BCUT2D eigenvalue weighted by Crippen LogP contribution is -2.43. The number of hydrazone groups is 1. The van der Waals surface area contributed by atoms with Crippen molar-refractivity contribution in [2.75, 3.05) is 13.1 Å². The maximum Gasteiger partial charge on any atom is 0.270 e. The molecule has 2 aliphatic rings. The van der Waals surface area contributed by atoms with Gasteiger partial charge in [-0.15, -0.1) is 0 Å². The molecule has 2 aliphatic heterocycles. The number of hydrogen-bond acceptors (Lipinski definition) is 4. The molecule has 21 heavy (non-hydrogen) atoms. The number of nitrogens with zero attached hydrogens (tertiary/aromatic N) is 4. The lowest BCUT2D eigenvalue weighted by atomic mass is 9.94. The maximum absolute atomic E-state index is 12.3. The number of hydrogen-bond donors (Lipinski definition) is 1. The molecular formula is C14H19N5O2. The van der Waals surface area contributed by atoms with Crippen LogP contribution in [0.15, 0.2) is 17.5 Å². The summed E-state index contributed by atoms with van der Waals surface area (Å²) in [5.41, 5.74) is 2.66. The molecule has 1 N–H and O–H groups in total. The first-order chi connectivity index (χ1) is 10.1. The standard InChI is InChI=1S/C14H19N5O2/c1-18-6-4-15-12(18)7-10-3-2-5-19(9-10)14(21)11-8-13(20)17-16-11/h4,6,10H,2-3,5,7-9H2,1H3,(H,17,20). The summed E-state index contributed by atoms with van der Waals surface area (Å²) in [4.78, 5) is 29.7. The third-order valence-corrected chi connectivity index (χ3v) is 4.09. The van der Waals surface area contributed by atoms with Gasteiger partial charge >= 0.3 is 0 Å². The first-order valence-corrected chi connectivity index (χ1v) is 7.24. The Bertz CT molecular complexity index is 592. The Kier molecular flexibility index (Phi) is 3.72. The smallest absolute Gasteiger partial charge is 0.270 e.